The van der Waals surface area contributed by atoms with E-state index in [2.05, 4.69) is 10.6 Å². The summed E-state index contributed by atoms with van der Waals surface area (Å²) in [5.74, 6) is -0.233. The van der Waals surface area contributed by atoms with Crippen LogP contribution in [0.5, 0.6) is 0 Å². The fraction of sp³-hybridized carbons (Fsp3) is 0.833. The minimum atomic E-state index is -0.117. The molecule has 0 aromatic rings. The molecular weight excluding hydrogens is 236 g/mol. The molecule has 106 valence electrons. The molecule has 0 aromatic carbocycles. The summed E-state index contributed by atoms with van der Waals surface area (Å²) in [6, 6.07) is 0.126. The molecule has 18 heavy (non-hydrogen) atoms. The zero-order valence-electron chi connectivity index (χ0n) is 11.5. The van der Waals surface area contributed by atoms with Gasteiger partial charge in [0, 0.05) is 25.8 Å². The summed E-state index contributed by atoms with van der Waals surface area (Å²) in [5.41, 5.74) is 0. The lowest BCUT2D eigenvalue weighted by molar-refractivity contribution is -0.126. The van der Waals surface area contributed by atoms with E-state index in [0.717, 1.165) is 0 Å². The Morgan fingerprint density at radius 2 is 1.61 bits per heavy atom. The van der Waals surface area contributed by atoms with Crippen LogP contribution in [0.3, 0.4) is 0 Å². The van der Waals surface area contributed by atoms with E-state index in [9.17, 15) is 9.59 Å². The van der Waals surface area contributed by atoms with Gasteiger partial charge in [-0.2, -0.15) is 0 Å². The molecule has 0 heterocycles. The van der Waals surface area contributed by atoms with Gasteiger partial charge in [0.1, 0.15) is 13.2 Å². The average Bonchev–Trinajstić information content (AvgIpc) is 2.27. The van der Waals surface area contributed by atoms with E-state index in [1.165, 1.54) is 0 Å². The molecule has 0 rings (SSSR count). The van der Waals surface area contributed by atoms with Crippen molar-refractivity contribution in [2.24, 2.45) is 0 Å². The molecule has 0 saturated heterocycles. The molecule has 6 heteroatoms. The van der Waals surface area contributed by atoms with Crippen LogP contribution in [0.4, 0.5) is 0 Å². The second-order valence-corrected chi connectivity index (χ2v) is 4.13. The maximum atomic E-state index is 11.2. The van der Waals surface area contributed by atoms with E-state index in [0.29, 0.717) is 26.2 Å². The fourth-order valence-electron chi connectivity index (χ4n) is 1.20. The highest BCUT2D eigenvalue weighted by molar-refractivity contribution is 5.77. The zero-order valence-corrected chi connectivity index (χ0v) is 11.5. The lowest BCUT2D eigenvalue weighted by atomic mass is 10.4. The molecule has 2 N–H and O–H groups in total. The summed E-state index contributed by atoms with van der Waals surface area (Å²) >= 11 is 0. The van der Waals surface area contributed by atoms with E-state index in [-0.39, 0.29) is 31.1 Å². The smallest absolute Gasteiger partial charge is 0.246 e. The van der Waals surface area contributed by atoms with Gasteiger partial charge in [-0.1, -0.05) is 0 Å². The van der Waals surface area contributed by atoms with Crippen molar-refractivity contribution in [1.82, 2.24) is 10.6 Å². The van der Waals surface area contributed by atoms with Gasteiger partial charge in [0.15, 0.2) is 0 Å². The van der Waals surface area contributed by atoms with Crippen LogP contribution in [-0.2, 0) is 19.1 Å². The van der Waals surface area contributed by atoms with E-state index in [4.69, 9.17) is 9.47 Å². The van der Waals surface area contributed by atoms with Gasteiger partial charge in [-0.05, 0) is 27.2 Å². The molecule has 0 radical (unpaired) electrons. The van der Waals surface area contributed by atoms with E-state index in [1.807, 2.05) is 20.8 Å². The molecule has 0 spiro atoms. The number of ether oxygens (including phenoxy) is 2. The van der Waals surface area contributed by atoms with E-state index >= 15 is 0 Å². The normalized spacial score (nSPS) is 10.4. The second kappa shape index (κ2) is 11.0. The third-order valence-electron chi connectivity index (χ3n) is 1.87. The molecule has 0 unspecified atom stereocenters. The highest BCUT2D eigenvalue weighted by Gasteiger charge is 2.03. The van der Waals surface area contributed by atoms with Gasteiger partial charge >= 0.3 is 0 Å². The van der Waals surface area contributed by atoms with Crippen LogP contribution < -0.4 is 10.6 Å². The van der Waals surface area contributed by atoms with Gasteiger partial charge in [0.2, 0.25) is 11.8 Å². The summed E-state index contributed by atoms with van der Waals surface area (Å²) in [7, 11) is 0. The van der Waals surface area contributed by atoms with E-state index in [1.54, 1.807) is 0 Å². The van der Waals surface area contributed by atoms with Crippen LogP contribution in [-0.4, -0.2) is 50.8 Å². The number of carbonyl (C=O) groups excluding carboxylic acids is 2. The molecule has 0 aliphatic heterocycles. The predicted molar refractivity (Wildman–Crippen MR) is 68.2 cm³/mol. The number of rotatable bonds is 10. The van der Waals surface area contributed by atoms with E-state index < -0.39 is 0 Å². The van der Waals surface area contributed by atoms with Crippen LogP contribution >= 0.6 is 0 Å². The summed E-state index contributed by atoms with van der Waals surface area (Å²) < 4.78 is 10.3. The van der Waals surface area contributed by atoms with Crippen molar-refractivity contribution < 1.29 is 19.1 Å². The molecule has 0 aliphatic carbocycles. The Morgan fingerprint density at radius 1 is 1.06 bits per heavy atom. The number of hydrogen-bond acceptors (Lipinski definition) is 4. The van der Waals surface area contributed by atoms with Crippen LogP contribution in [0, 0.1) is 0 Å². The first-order valence-corrected chi connectivity index (χ1v) is 6.27. The fourth-order valence-corrected chi connectivity index (χ4v) is 1.20. The number of carbonyl (C=O) groups is 2. The van der Waals surface area contributed by atoms with Crippen molar-refractivity contribution in [1.29, 1.82) is 0 Å². The minimum Gasteiger partial charge on any atom is -0.372 e. The molecule has 2 amide bonds. The Kier molecular flexibility index (Phi) is 10.3. The highest BCUT2D eigenvalue weighted by Crippen LogP contribution is 1.86. The maximum Gasteiger partial charge on any atom is 0.246 e. The van der Waals surface area contributed by atoms with Crippen molar-refractivity contribution >= 4 is 11.8 Å². The average molecular weight is 260 g/mol. The zero-order chi connectivity index (χ0) is 13.8. The SMILES string of the molecule is CCNC(=O)COCCCOCC(=O)NC(C)C. The van der Waals surface area contributed by atoms with Gasteiger partial charge in [-0.3, -0.25) is 9.59 Å². The van der Waals surface area contributed by atoms with Crippen LogP contribution in [0.25, 0.3) is 0 Å². The molecular formula is C12H24N2O4. The molecule has 6 nitrogen and oxygen atoms in total. The standard InChI is InChI=1S/C12H24N2O4/c1-4-13-11(15)8-17-6-5-7-18-9-12(16)14-10(2)3/h10H,4-9H2,1-3H3,(H,13,15)(H,14,16). The Hall–Kier alpha value is -1.14. The van der Waals surface area contributed by atoms with Crippen LogP contribution in [0.2, 0.25) is 0 Å². The maximum absolute atomic E-state index is 11.2. The van der Waals surface area contributed by atoms with Crippen molar-refractivity contribution in [2.45, 2.75) is 33.2 Å². The second-order valence-electron chi connectivity index (χ2n) is 4.13. The topological polar surface area (TPSA) is 76.7 Å². The van der Waals surface area contributed by atoms with Gasteiger partial charge in [-0.15, -0.1) is 0 Å². The van der Waals surface area contributed by atoms with Crippen LogP contribution in [0.15, 0.2) is 0 Å². The lowest BCUT2D eigenvalue weighted by Crippen LogP contribution is -2.33. The first-order chi connectivity index (χ1) is 8.56. The molecule has 0 aliphatic rings. The molecule has 0 atom stereocenters. The summed E-state index contributed by atoms with van der Waals surface area (Å²) in [6.45, 7) is 7.28. The van der Waals surface area contributed by atoms with Crippen molar-refractivity contribution in [3.8, 4) is 0 Å². The summed E-state index contributed by atoms with van der Waals surface area (Å²) in [4.78, 5) is 22.2. The number of likely N-dealkylation sites (N-methyl/N-ethyl adjacent to an activating group) is 1. The monoisotopic (exact) mass is 260 g/mol. The van der Waals surface area contributed by atoms with Gasteiger partial charge in [0.25, 0.3) is 0 Å². The van der Waals surface area contributed by atoms with Crippen molar-refractivity contribution in [3.05, 3.63) is 0 Å². The lowest BCUT2D eigenvalue weighted by Gasteiger charge is -2.08. The summed E-state index contributed by atoms with van der Waals surface area (Å²) in [6.07, 6.45) is 0.661. The first kappa shape index (κ1) is 16.9. The quantitative estimate of drug-likeness (QED) is 0.545. The van der Waals surface area contributed by atoms with Crippen LogP contribution in [0.1, 0.15) is 27.2 Å². The van der Waals surface area contributed by atoms with Gasteiger partial charge in [-0.25, -0.2) is 0 Å². The van der Waals surface area contributed by atoms with Crippen molar-refractivity contribution in [2.75, 3.05) is 33.0 Å². The molecule has 0 bridgehead atoms. The highest BCUT2D eigenvalue weighted by atomic mass is 16.5. The number of hydrogen-bond donors (Lipinski definition) is 2. The first-order valence-electron chi connectivity index (χ1n) is 6.27. The third kappa shape index (κ3) is 11.3. The Balaban J connectivity index is 3.26. The Bertz CT molecular complexity index is 244. The molecule has 0 aromatic heterocycles. The summed E-state index contributed by atoms with van der Waals surface area (Å²) in [5, 5.41) is 5.36. The van der Waals surface area contributed by atoms with Crippen molar-refractivity contribution in [3.63, 3.8) is 0 Å². The largest absolute Gasteiger partial charge is 0.372 e. The predicted octanol–water partition coefficient (Wildman–Crippen LogP) is 0.0704. The number of nitrogens with one attached hydrogen (secondary N) is 2. The van der Waals surface area contributed by atoms with Gasteiger partial charge in [0.05, 0.1) is 0 Å². The molecule has 0 saturated carbocycles. The molecule has 0 fully saturated rings. The number of amides is 2. The van der Waals surface area contributed by atoms with Gasteiger partial charge < -0.3 is 20.1 Å². The Labute approximate surface area is 108 Å². The third-order valence-corrected chi connectivity index (χ3v) is 1.87. The minimum absolute atomic E-state index is 0.0640. The Morgan fingerprint density at radius 3 is 2.11 bits per heavy atom.